The number of aliphatic hydroxyl groups excluding tert-OH is 1. The van der Waals surface area contributed by atoms with Crippen molar-refractivity contribution in [2.45, 2.75) is 26.3 Å². The minimum atomic E-state index is -0.353. The van der Waals surface area contributed by atoms with Crippen LogP contribution in [0, 0.1) is 0 Å². The molecule has 0 radical (unpaired) electrons. The zero-order chi connectivity index (χ0) is 14.0. The number of methoxy groups -OCH3 is 1. The summed E-state index contributed by atoms with van der Waals surface area (Å²) in [6.07, 6.45) is 2.84. The molecule has 0 saturated carbocycles. The highest BCUT2D eigenvalue weighted by atomic mass is 16.5. The minimum Gasteiger partial charge on any atom is -0.466 e. The maximum Gasteiger partial charge on any atom is 0.334 e. The summed E-state index contributed by atoms with van der Waals surface area (Å²) in [4.78, 5) is 20.8. The van der Waals surface area contributed by atoms with Gasteiger partial charge < -0.3 is 19.9 Å². The Morgan fingerprint density at radius 2 is 2.22 bits per heavy atom. The number of carbonyl (C=O) groups excluding carboxylic acids is 2. The normalized spacial score (nSPS) is 18.0. The first-order valence-corrected chi connectivity index (χ1v) is 5.76. The van der Waals surface area contributed by atoms with Gasteiger partial charge in [0.25, 0.3) is 0 Å². The first-order valence-electron chi connectivity index (χ1n) is 5.76. The highest BCUT2D eigenvalue weighted by Crippen LogP contribution is 2.06. The average molecular weight is 259 g/mol. The van der Waals surface area contributed by atoms with Crippen molar-refractivity contribution in [3.05, 3.63) is 11.6 Å². The van der Waals surface area contributed by atoms with Crippen molar-refractivity contribution in [3.63, 3.8) is 0 Å². The third-order valence-electron chi connectivity index (χ3n) is 2.20. The molecule has 0 aromatic carbocycles. The predicted molar refractivity (Wildman–Crippen MR) is 65.9 cm³/mol. The average Bonchev–Trinajstić information content (AvgIpc) is 2.37. The van der Waals surface area contributed by atoms with Gasteiger partial charge >= 0.3 is 11.9 Å². The van der Waals surface area contributed by atoms with Crippen LogP contribution >= 0.6 is 0 Å². The van der Waals surface area contributed by atoms with E-state index in [1.54, 1.807) is 0 Å². The van der Waals surface area contributed by atoms with Gasteiger partial charge in [-0.05, 0) is 13.3 Å². The van der Waals surface area contributed by atoms with Crippen LogP contribution in [0.4, 0.5) is 0 Å². The second-order valence-electron chi connectivity index (χ2n) is 3.80. The third-order valence-corrected chi connectivity index (χ3v) is 2.20. The van der Waals surface area contributed by atoms with Crippen molar-refractivity contribution in [2.75, 3.05) is 26.9 Å². The van der Waals surface area contributed by atoms with Gasteiger partial charge in [0.2, 0.25) is 0 Å². The molecule has 0 fully saturated rings. The highest BCUT2D eigenvalue weighted by Gasteiger charge is 2.14. The van der Waals surface area contributed by atoms with Gasteiger partial charge in [-0.1, -0.05) is 6.08 Å². The van der Waals surface area contributed by atoms with E-state index in [1.165, 1.54) is 14.0 Å². The van der Waals surface area contributed by atoms with Gasteiger partial charge in [-0.15, -0.1) is 0 Å². The van der Waals surface area contributed by atoms with E-state index in [1.807, 2.05) is 6.08 Å². The fourth-order valence-electron chi connectivity index (χ4n) is 1.23. The monoisotopic (exact) mass is 259 g/mol. The van der Waals surface area contributed by atoms with Crippen molar-refractivity contribution in [1.29, 1.82) is 0 Å². The molecule has 0 aromatic rings. The number of esters is 2. The van der Waals surface area contributed by atoms with Gasteiger partial charge in [0.15, 0.2) is 0 Å². The van der Waals surface area contributed by atoms with Crippen LogP contribution in [0.2, 0.25) is 0 Å². The molecule has 1 heterocycles. The van der Waals surface area contributed by atoms with Crippen LogP contribution in [-0.2, 0) is 19.1 Å². The second kappa shape index (κ2) is 9.61. The number of aliphatic hydroxyl groups is 1. The van der Waals surface area contributed by atoms with Crippen LogP contribution in [0.25, 0.3) is 0 Å². The Morgan fingerprint density at radius 1 is 1.56 bits per heavy atom. The van der Waals surface area contributed by atoms with E-state index in [4.69, 9.17) is 5.11 Å². The highest BCUT2D eigenvalue weighted by molar-refractivity contribution is 5.88. The van der Waals surface area contributed by atoms with Crippen molar-refractivity contribution in [2.24, 2.45) is 0 Å². The summed E-state index contributed by atoms with van der Waals surface area (Å²) in [7, 11) is 1.40. The summed E-state index contributed by atoms with van der Waals surface area (Å²) in [6.45, 7) is 4.03. The summed E-state index contributed by atoms with van der Waals surface area (Å²) in [5.74, 6) is -0.571. The standard InChI is InChI=1S/C8H13NO2.C4H8O3/c1-6-3-4-7(5-9-6)8(10)11-2;1-4(6)7-3-2-5/h4,6,9H,3,5H2,1-2H3;5H,2-3H2,1H3. The maximum absolute atomic E-state index is 10.9. The number of rotatable bonds is 3. The van der Waals surface area contributed by atoms with Gasteiger partial charge in [-0.25, -0.2) is 4.79 Å². The molecule has 6 nitrogen and oxygen atoms in total. The Kier molecular flexibility index (Phi) is 8.86. The predicted octanol–water partition coefficient (Wildman–Crippen LogP) is 0.00940. The lowest BCUT2D eigenvalue weighted by Gasteiger charge is -2.18. The van der Waals surface area contributed by atoms with Gasteiger partial charge in [-0.2, -0.15) is 0 Å². The number of ether oxygens (including phenoxy) is 2. The Hall–Kier alpha value is -1.40. The zero-order valence-electron chi connectivity index (χ0n) is 11.1. The smallest absolute Gasteiger partial charge is 0.334 e. The van der Waals surface area contributed by atoms with E-state index in [9.17, 15) is 9.59 Å². The molecule has 104 valence electrons. The number of hydrogen-bond acceptors (Lipinski definition) is 6. The van der Waals surface area contributed by atoms with Crippen LogP contribution in [0.3, 0.4) is 0 Å². The summed E-state index contributed by atoms with van der Waals surface area (Å²) >= 11 is 0. The van der Waals surface area contributed by atoms with E-state index < -0.39 is 0 Å². The van der Waals surface area contributed by atoms with E-state index in [0.717, 1.165) is 12.0 Å². The molecule has 1 aliphatic heterocycles. The first kappa shape index (κ1) is 16.6. The Bertz CT molecular complexity index is 301. The largest absolute Gasteiger partial charge is 0.466 e. The molecule has 1 aliphatic rings. The van der Waals surface area contributed by atoms with Gasteiger partial charge in [-0.3, -0.25) is 4.79 Å². The van der Waals surface area contributed by atoms with Crippen LogP contribution in [0.5, 0.6) is 0 Å². The number of carbonyl (C=O) groups is 2. The molecule has 2 N–H and O–H groups in total. The molecule has 6 heteroatoms. The van der Waals surface area contributed by atoms with E-state index in [0.29, 0.717) is 12.6 Å². The Morgan fingerprint density at radius 3 is 2.56 bits per heavy atom. The fraction of sp³-hybridized carbons (Fsp3) is 0.667. The lowest BCUT2D eigenvalue weighted by atomic mass is 10.1. The summed E-state index contributed by atoms with van der Waals surface area (Å²) in [6, 6.07) is 0.475. The molecule has 0 bridgehead atoms. The zero-order valence-corrected chi connectivity index (χ0v) is 11.1. The van der Waals surface area contributed by atoms with E-state index in [2.05, 4.69) is 21.7 Å². The van der Waals surface area contributed by atoms with Crippen molar-refractivity contribution in [3.8, 4) is 0 Å². The second-order valence-corrected chi connectivity index (χ2v) is 3.80. The third kappa shape index (κ3) is 7.81. The number of nitrogens with one attached hydrogen (secondary N) is 1. The lowest BCUT2D eigenvalue weighted by molar-refractivity contribution is -0.142. The van der Waals surface area contributed by atoms with Gasteiger partial charge in [0, 0.05) is 25.1 Å². The topological polar surface area (TPSA) is 84.9 Å². The van der Waals surface area contributed by atoms with Crippen molar-refractivity contribution in [1.82, 2.24) is 5.32 Å². The quantitative estimate of drug-likeness (QED) is 0.694. The molecule has 1 atom stereocenters. The summed E-state index contributed by atoms with van der Waals surface area (Å²) in [5, 5.41) is 11.2. The Labute approximate surface area is 107 Å². The summed E-state index contributed by atoms with van der Waals surface area (Å²) in [5.41, 5.74) is 0.741. The molecular weight excluding hydrogens is 238 g/mol. The van der Waals surface area contributed by atoms with Crippen LogP contribution in [0.1, 0.15) is 20.3 Å². The fourth-order valence-corrected chi connectivity index (χ4v) is 1.23. The summed E-state index contributed by atoms with van der Waals surface area (Å²) < 4.78 is 8.88. The van der Waals surface area contributed by atoms with Gasteiger partial charge in [0.1, 0.15) is 6.61 Å². The van der Waals surface area contributed by atoms with Crippen LogP contribution in [0.15, 0.2) is 11.6 Å². The first-order chi connectivity index (χ1) is 8.51. The van der Waals surface area contributed by atoms with Crippen LogP contribution < -0.4 is 5.32 Å². The maximum atomic E-state index is 10.9. The van der Waals surface area contributed by atoms with Crippen LogP contribution in [-0.4, -0.2) is 50.0 Å². The molecule has 0 spiro atoms. The van der Waals surface area contributed by atoms with E-state index >= 15 is 0 Å². The van der Waals surface area contributed by atoms with Crippen molar-refractivity contribution >= 4 is 11.9 Å². The van der Waals surface area contributed by atoms with Crippen molar-refractivity contribution < 1.29 is 24.2 Å². The molecule has 0 saturated heterocycles. The SMILES string of the molecule is CC(=O)OCCO.COC(=O)C1=CCC(C)NC1. The van der Waals surface area contributed by atoms with E-state index in [-0.39, 0.29) is 25.2 Å². The molecular formula is C12H21NO5. The minimum absolute atomic E-state index is 0.0976. The van der Waals surface area contributed by atoms with Gasteiger partial charge in [0.05, 0.1) is 13.7 Å². The lowest BCUT2D eigenvalue weighted by Crippen LogP contribution is -2.33. The molecule has 18 heavy (non-hydrogen) atoms. The number of hydrogen-bond donors (Lipinski definition) is 2. The molecule has 0 amide bonds. The Balaban J connectivity index is 0.000000360. The molecule has 0 aliphatic carbocycles. The molecule has 0 aromatic heterocycles. The molecule has 1 rings (SSSR count). The molecule has 1 unspecified atom stereocenters.